The molecular weight excluding hydrogens is 572 g/mol. The molecule has 5 heteroatoms. The Morgan fingerprint density at radius 1 is 0.413 bits per heavy atom. The van der Waals surface area contributed by atoms with Crippen molar-refractivity contribution in [2.24, 2.45) is 0 Å². The summed E-state index contributed by atoms with van der Waals surface area (Å²) >= 11 is 0. The maximum Gasteiger partial charge on any atom is 0.200 e. The van der Waals surface area contributed by atoms with Gasteiger partial charge in [-0.3, -0.25) is 4.79 Å². The van der Waals surface area contributed by atoms with Gasteiger partial charge in [0.15, 0.2) is 5.78 Å². The number of ether oxygens (including phenoxy) is 4. The van der Waals surface area contributed by atoms with Crippen LogP contribution in [-0.4, -0.2) is 32.2 Å². The Morgan fingerprint density at radius 3 is 1.04 bits per heavy atom. The highest BCUT2D eigenvalue weighted by molar-refractivity contribution is 6.12. The van der Waals surface area contributed by atoms with Crippen LogP contribution in [0.3, 0.4) is 0 Å². The van der Waals surface area contributed by atoms with Crippen LogP contribution in [0.5, 0.6) is 23.0 Å². The van der Waals surface area contributed by atoms with Crippen molar-refractivity contribution in [1.82, 2.24) is 0 Å². The van der Waals surface area contributed by atoms with Crippen LogP contribution in [0.1, 0.15) is 172 Å². The van der Waals surface area contributed by atoms with Crippen molar-refractivity contribution in [3.05, 3.63) is 47.5 Å². The summed E-state index contributed by atoms with van der Waals surface area (Å²) in [5, 5.41) is 0. The molecule has 0 N–H and O–H groups in total. The molecule has 0 unspecified atom stereocenters. The van der Waals surface area contributed by atoms with E-state index in [9.17, 15) is 4.79 Å². The lowest BCUT2D eigenvalue weighted by molar-refractivity contribution is 0.103. The minimum Gasteiger partial charge on any atom is -0.493 e. The van der Waals surface area contributed by atoms with Crippen molar-refractivity contribution in [2.75, 3.05) is 26.4 Å². The molecule has 2 rings (SSSR count). The van der Waals surface area contributed by atoms with Gasteiger partial charge < -0.3 is 18.9 Å². The predicted octanol–water partition coefficient (Wildman–Crippen LogP) is 12.3. The second-order valence-electron chi connectivity index (χ2n) is 12.7. The molecule has 0 atom stereocenters. The van der Waals surface area contributed by atoms with Crippen molar-refractivity contribution in [1.29, 1.82) is 0 Å². The molecule has 5 nitrogen and oxygen atoms in total. The summed E-state index contributed by atoms with van der Waals surface area (Å²) in [7, 11) is 0. The smallest absolute Gasteiger partial charge is 0.200 e. The molecule has 0 saturated carbocycles. The number of carbonyl (C=O) groups is 1. The summed E-state index contributed by atoms with van der Waals surface area (Å²) < 4.78 is 24.8. The number of ketones is 1. The van der Waals surface area contributed by atoms with Gasteiger partial charge in [-0.25, -0.2) is 0 Å². The Balaban J connectivity index is 2.21. The SMILES string of the molecule is CCCCCCCOc1ccc(C(=O)c2ccc(OCCCCCCC)cc2OCCCCCCC)c(OCCCCCCC)c1. The standard InChI is InChI=1S/C41H66O5/c1-5-9-13-17-21-29-43-35-25-27-37(39(33-35)45-31-23-19-15-11-7-3)41(42)38-28-26-36(44-30-22-18-14-10-6-2)34-40(38)46-32-24-20-16-12-8-4/h25-28,33-34H,5-24,29-32H2,1-4H3. The molecule has 0 aliphatic rings. The van der Waals surface area contributed by atoms with Crippen LogP contribution in [0.15, 0.2) is 36.4 Å². The van der Waals surface area contributed by atoms with E-state index in [4.69, 9.17) is 18.9 Å². The molecule has 46 heavy (non-hydrogen) atoms. The van der Waals surface area contributed by atoms with Gasteiger partial charge in [0.05, 0.1) is 37.6 Å². The largest absolute Gasteiger partial charge is 0.493 e. The molecule has 0 aliphatic carbocycles. The van der Waals surface area contributed by atoms with E-state index in [1.54, 1.807) is 0 Å². The van der Waals surface area contributed by atoms with Crippen molar-refractivity contribution in [3.63, 3.8) is 0 Å². The lowest BCUT2D eigenvalue weighted by Crippen LogP contribution is -2.10. The summed E-state index contributed by atoms with van der Waals surface area (Å²) in [4.78, 5) is 14.1. The number of rotatable bonds is 30. The lowest BCUT2D eigenvalue weighted by atomic mass is 10.0. The van der Waals surface area contributed by atoms with Gasteiger partial charge in [0.1, 0.15) is 23.0 Å². The molecule has 0 saturated heterocycles. The molecule has 0 radical (unpaired) electrons. The minimum absolute atomic E-state index is 0.0980. The van der Waals surface area contributed by atoms with E-state index in [0.29, 0.717) is 49.1 Å². The van der Waals surface area contributed by atoms with Crippen LogP contribution in [0.2, 0.25) is 0 Å². The van der Waals surface area contributed by atoms with Gasteiger partial charge in [-0.05, 0) is 49.9 Å². The molecule has 0 amide bonds. The fraction of sp³-hybridized carbons (Fsp3) is 0.683. The van der Waals surface area contributed by atoms with Gasteiger partial charge in [-0.2, -0.15) is 0 Å². The van der Waals surface area contributed by atoms with E-state index in [0.717, 1.165) is 50.0 Å². The van der Waals surface area contributed by atoms with E-state index in [1.807, 2.05) is 36.4 Å². The van der Waals surface area contributed by atoms with E-state index < -0.39 is 0 Å². The number of benzene rings is 2. The summed E-state index contributed by atoms with van der Waals surface area (Å²) in [6.07, 6.45) is 23.4. The first kappa shape index (κ1) is 39.5. The van der Waals surface area contributed by atoms with Gasteiger partial charge in [0, 0.05) is 12.1 Å². The zero-order chi connectivity index (χ0) is 33.1. The van der Waals surface area contributed by atoms with Crippen LogP contribution in [0, 0.1) is 0 Å². The number of unbranched alkanes of at least 4 members (excludes halogenated alkanes) is 16. The summed E-state index contributed by atoms with van der Waals surface area (Å²) in [6.45, 7) is 11.4. The second-order valence-corrected chi connectivity index (χ2v) is 12.7. The van der Waals surface area contributed by atoms with Gasteiger partial charge in [-0.1, -0.05) is 130 Å². The lowest BCUT2D eigenvalue weighted by Gasteiger charge is -2.16. The summed E-state index contributed by atoms with van der Waals surface area (Å²) in [6, 6.07) is 11.3. The molecule has 0 aliphatic heterocycles. The van der Waals surface area contributed by atoms with Crippen LogP contribution < -0.4 is 18.9 Å². The highest BCUT2D eigenvalue weighted by atomic mass is 16.5. The first-order valence-corrected chi connectivity index (χ1v) is 19.0. The molecule has 0 spiro atoms. The molecule has 2 aromatic rings. The second kappa shape index (κ2) is 26.4. The van der Waals surface area contributed by atoms with Crippen LogP contribution >= 0.6 is 0 Å². The number of carbonyl (C=O) groups excluding carboxylic acids is 1. The zero-order valence-electron chi connectivity index (χ0n) is 30.0. The third kappa shape index (κ3) is 16.7. The van der Waals surface area contributed by atoms with Crippen LogP contribution in [0.25, 0.3) is 0 Å². The predicted molar refractivity (Wildman–Crippen MR) is 193 cm³/mol. The normalized spacial score (nSPS) is 11.0. The highest BCUT2D eigenvalue weighted by Crippen LogP contribution is 2.33. The van der Waals surface area contributed by atoms with Crippen molar-refractivity contribution in [3.8, 4) is 23.0 Å². The Labute approximate surface area is 282 Å². The zero-order valence-corrected chi connectivity index (χ0v) is 30.0. The van der Waals surface area contributed by atoms with E-state index in [1.165, 1.54) is 89.9 Å². The minimum atomic E-state index is -0.0980. The van der Waals surface area contributed by atoms with Gasteiger partial charge >= 0.3 is 0 Å². The van der Waals surface area contributed by atoms with Gasteiger partial charge in [-0.15, -0.1) is 0 Å². The molecule has 0 aromatic heterocycles. The van der Waals surface area contributed by atoms with Crippen molar-refractivity contribution in [2.45, 2.75) is 156 Å². The third-order valence-electron chi connectivity index (χ3n) is 8.44. The van der Waals surface area contributed by atoms with Crippen LogP contribution in [-0.2, 0) is 0 Å². The third-order valence-corrected chi connectivity index (χ3v) is 8.44. The molecule has 2 aromatic carbocycles. The Morgan fingerprint density at radius 2 is 0.717 bits per heavy atom. The number of hydrogen-bond donors (Lipinski definition) is 0. The quantitative estimate of drug-likeness (QED) is 0.0629. The maximum atomic E-state index is 14.1. The van der Waals surface area contributed by atoms with E-state index in [2.05, 4.69) is 27.7 Å². The molecule has 0 bridgehead atoms. The van der Waals surface area contributed by atoms with Crippen molar-refractivity contribution < 1.29 is 23.7 Å². The number of hydrogen-bond acceptors (Lipinski definition) is 5. The molecule has 0 fully saturated rings. The van der Waals surface area contributed by atoms with Gasteiger partial charge in [0.2, 0.25) is 0 Å². The topological polar surface area (TPSA) is 54.0 Å². The van der Waals surface area contributed by atoms with Crippen molar-refractivity contribution >= 4 is 5.78 Å². The first-order chi connectivity index (χ1) is 22.6. The highest BCUT2D eigenvalue weighted by Gasteiger charge is 2.21. The molecule has 0 heterocycles. The first-order valence-electron chi connectivity index (χ1n) is 19.0. The van der Waals surface area contributed by atoms with E-state index >= 15 is 0 Å². The summed E-state index contributed by atoms with van der Waals surface area (Å²) in [5.41, 5.74) is 1.09. The Kier molecular flexibility index (Phi) is 22.7. The monoisotopic (exact) mass is 638 g/mol. The fourth-order valence-corrected chi connectivity index (χ4v) is 5.51. The average molecular weight is 639 g/mol. The van der Waals surface area contributed by atoms with Gasteiger partial charge in [0.25, 0.3) is 0 Å². The molecular formula is C41H66O5. The van der Waals surface area contributed by atoms with E-state index in [-0.39, 0.29) is 5.78 Å². The average Bonchev–Trinajstić information content (AvgIpc) is 3.07. The van der Waals surface area contributed by atoms with Crippen LogP contribution in [0.4, 0.5) is 0 Å². The Bertz CT molecular complexity index is 968. The molecule has 260 valence electrons. The Hall–Kier alpha value is -2.69. The summed E-state index contributed by atoms with van der Waals surface area (Å²) in [5.74, 6) is 2.57. The maximum absolute atomic E-state index is 14.1. The fourth-order valence-electron chi connectivity index (χ4n) is 5.51.